The lowest BCUT2D eigenvalue weighted by Gasteiger charge is -2.22. The Hall–Kier alpha value is -0.610. The van der Waals surface area contributed by atoms with Crippen molar-refractivity contribution >= 4 is 5.97 Å². The lowest BCUT2D eigenvalue weighted by molar-refractivity contribution is -0.139. The fourth-order valence-corrected chi connectivity index (χ4v) is 1.99. The first kappa shape index (κ1) is 14.5. The molecule has 1 rings (SSSR count). The number of nitrogens with zero attached hydrogens (tertiary/aromatic N) is 1. The third-order valence-electron chi connectivity index (χ3n) is 3.33. The Morgan fingerprint density at radius 3 is 2.65 bits per heavy atom. The molecular formula is C13H26N2O2. The Balaban J connectivity index is 2.24. The maximum absolute atomic E-state index is 11.1. The van der Waals surface area contributed by atoms with Crippen LogP contribution < -0.4 is 5.32 Å². The minimum Gasteiger partial charge on any atom is -0.480 e. The summed E-state index contributed by atoms with van der Waals surface area (Å²) in [6.07, 6.45) is 4.39. The lowest BCUT2D eigenvalue weighted by atomic mass is 10.2. The van der Waals surface area contributed by atoms with E-state index in [1.54, 1.807) is 0 Å². The van der Waals surface area contributed by atoms with Crippen molar-refractivity contribution in [2.24, 2.45) is 5.92 Å². The van der Waals surface area contributed by atoms with E-state index >= 15 is 0 Å². The fraction of sp³-hybridized carbons (Fsp3) is 0.923. The van der Waals surface area contributed by atoms with Crippen LogP contribution >= 0.6 is 0 Å². The smallest absolute Gasteiger partial charge is 0.320 e. The minimum absolute atomic E-state index is 0.386. The topological polar surface area (TPSA) is 52.6 Å². The van der Waals surface area contributed by atoms with Crippen LogP contribution in [0.5, 0.6) is 0 Å². The number of carboxylic acid groups (broad SMARTS) is 1. The van der Waals surface area contributed by atoms with Gasteiger partial charge in [0.1, 0.15) is 6.04 Å². The zero-order valence-electron chi connectivity index (χ0n) is 11.1. The van der Waals surface area contributed by atoms with Gasteiger partial charge in [-0.05, 0) is 44.7 Å². The monoisotopic (exact) mass is 242 g/mol. The van der Waals surface area contributed by atoms with Crippen LogP contribution in [0.2, 0.25) is 0 Å². The standard InChI is InChI=1S/C13H26N2O2/c1-3-8-14-12(13(16)17)7-9-15(4-2)10-11-5-6-11/h11-12,14H,3-10H2,1-2H3,(H,16,17). The van der Waals surface area contributed by atoms with Gasteiger partial charge >= 0.3 is 5.97 Å². The molecule has 0 bridgehead atoms. The Morgan fingerprint density at radius 1 is 1.47 bits per heavy atom. The van der Waals surface area contributed by atoms with Crippen molar-refractivity contribution in [3.8, 4) is 0 Å². The summed E-state index contributed by atoms with van der Waals surface area (Å²) in [4.78, 5) is 13.4. The predicted molar refractivity (Wildman–Crippen MR) is 69.2 cm³/mol. The molecule has 1 aliphatic carbocycles. The van der Waals surface area contributed by atoms with Crippen LogP contribution in [0.25, 0.3) is 0 Å². The maximum Gasteiger partial charge on any atom is 0.320 e. The Labute approximate surface area is 104 Å². The summed E-state index contributed by atoms with van der Waals surface area (Å²) in [5.41, 5.74) is 0. The Bertz CT molecular complexity index is 229. The first-order chi connectivity index (χ1) is 8.17. The van der Waals surface area contributed by atoms with E-state index in [0.717, 1.165) is 38.5 Å². The molecule has 0 spiro atoms. The molecule has 2 N–H and O–H groups in total. The van der Waals surface area contributed by atoms with E-state index in [1.807, 2.05) is 0 Å². The molecule has 100 valence electrons. The molecule has 0 saturated heterocycles. The molecule has 17 heavy (non-hydrogen) atoms. The van der Waals surface area contributed by atoms with E-state index in [1.165, 1.54) is 12.8 Å². The third-order valence-corrected chi connectivity index (χ3v) is 3.33. The van der Waals surface area contributed by atoms with Crippen LogP contribution in [-0.4, -0.2) is 48.2 Å². The average Bonchev–Trinajstić information content (AvgIpc) is 3.10. The highest BCUT2D eigenvalue weighted by Gasteiger charge is 2.24. The van der Waals surface area contributed by atoms with Crippen molar-refractivity contribution in [3.05, 3.63) is 0 Å². The summed E-state index contributed by atoms with van der Waals surface area (Å²) in [7, 11) is 0. The number of carboxylic acids is 1. The molecule has 0 aromatic carbocycles. The average molecular weight is 242 g/mol. The highest BCUT2D eigenvalue weighted by Crippen LogP contribution is 2.29. The second kappa shape index (κ2) is 7.67. The zero-order chi connectivity index (χ0) is 12.7. The number of hydrogen-bond acceptors (Lipinski definition) is 3. The van der Waals surface area contributed by atoms with Crippen molar-refractivity contribution in [3.63, 3.8) is 0 Å². The van der Waals surface area contributed by atoms with Gasteiger partial charge in [0, 0.05) is 13.1 Å². The number of aliphatic carboxylic acids is 1. The lowest BCUT2D eigenvalue weighted by Crippen LogP contribution is -2.40. The number of nitrogens with one attached hydrogen (secondary N) is 1. The third kappa shape index (κ3) is 6.03. The summed E-state index contributed by atoms with van der Waals surface area (Å²) in [5.74, 6) is 0.155. The Morgan fingerprint density at radius 2 is 2.18 bits per heavy atom. The predicted octanol–water partition coefficient (Wildman–Crippen LogP) is 1.56. The van der Waals surface area contributed by atoms with Gasteiger partial charge in [0.05, 0.1) is 0 Å². The molecule has 1 fully saturated rings. The fourth-order valence-electron chi connectivity index (χ4n) is 1.99. The molecule has 1 aliphatic rings. The molecule has 0 amide bonds. The minimum atomic E-state index is -0.721. The van der Waals surface area contributed by atoms with Gasteiger partial charge < -0.3 is 15.3 Å². The van der Waals surface area contributed by atoms with Crippen molar-refractivity contribution in [2.45, 2.75) is 45.6 Å². The van der Waals surface area contributed by atoms with Crippen molar-refractivity contribution in [2.75, 3.05) is 26.2 Å². The number of carbonyl (C=O) groups is 1. The molecule has 1 saturated carbocycles. The van der Waals surface area contributed by atoms with Gasteiger partial charge in [0.15, 0.2) is 0 Å². The molecule has 1 atom stereocenters. The normalized spacial score (nSPS) is 17.4. The van der Waals surface area contributed by atoms with Gasteiger partial charge in [-0.3, -0.25) is 4.79 Å². The van der Waals surface area contributed by atoms with E-state index in [-0.39, 0.29) is 6.04 Å². The van der Waals surface area contributed by atoms with Crippen molar-refractivity contribution in [1.82, 2.24) is 10.2 Å². The first-order valence-electron chi connectivity index (χ1n) is 6.85. The summed E-state index contributed by atoms with van der Waals surface area (Å²) >= 11 is 0. The van der Waals surface area contributed by atoms with Gasteiger partial charge in [0.2, 0.25) is 0 Å². The van der Waals surface area contributed by atoms with Gasteiger partial charge in [-0.1, -0.05) is 13.8 Å². The van der Waals surface area contributed by atoms with Gasteiger partial charge in [-0.15, -0.1) is 0 Å². The summed E-state index contributed by atoms with van der Waals surface area (Å²) < 4.78 is 0. The van der Waals surface area contributed by atoms with Gasteiger partial charge in [0.25, 0.3) is 0 Å². The highest BCUT2D eigenvalue weighted by molar-refractivity contribution is 5.73. The highest BCUT2D eigenvalue weighted by atomic mass is 16.4. The van der Waals surface area contributed by atoms with E-state index in [4.69, 9.17) is 5.11 Å². The van der Waals surface area contributed by atoms with Gasteiger partial charge in [-0.25, -0.2) is 0 Å². The van der Waals surface area contributed by atoms with Crippen LogP contribution in [-0.2, 0) is 4.79 Å². The molecule has 0 aromatic rings. The molecule has 0 radical (unpaired) electrons. The number of rotatable bonds is 10. The molecule has 0 aliphatic heterocycles. The maximum atomic E-state index is 11.1. The zero-order valence-corrected chi connectivity index (χ0v) is 11.1. The van der Waals surface area contributed by atoms with Crippen molar-refractivity contribution in [1.29, 1.82) is 0 Å². The summed E-state index contributed by atoms with van der Waals surface area (Å²) in [6.45, 7) is 8.05. The molecule has 4 nitrogen and oxygen atoms in total. The second-order valence-electron chi connectivity index (χ2n) is 4.97. The van der Waals surface area contributed by atoms with Gasteiger partial charge in [-0.2, -0.15) is 0 Å². The summed E-state index contributed by atoms with van der Waals surface area (Å²) in [5, 5.41) is 12.2. The SMILES string of the molecule is CCCNC(CCN(CC)CC1CC1)C(=O)O. The van der Waals surface area contributed by atoms with Crippen LogP contribution in [0, 0.1) is 5.92 Å². The molecule has 0 aromatic heterocycles. The molecular weight excluding hydrogens is 216 g/mol. The quantitative estimate of drug-likeness (QED) is 0.610. The molecule has 0 heterocycles. The molecule has 1 unspecified atom stereocenters. The van der Waals surface area contributed by atoms with Crippen LogP contribution in [0.15, 0.2) is 0 Å². The van der Waals surface area contributed by atoms with E-state index in [0.29, 0.717) is 6.42 Å². The largest absolute Gasteiger partial charge is 0.480 e. The van der Waals surface area contributed by atoms with Crippen LogP contribution in [0.3, 0.4) is 0 Å². The van der Waals surface area contributed by atoms with Crippen LogP contribution in [0.4, 0.5) is 0 Å². The Kier molecular flexibility index (Phi) is 6.52. The van der Waals surface area contributed by atoms with Crippen molar-refractivity contribution < 1.29 is 9.90 Å². The number of hydrogen-bond donors (Lipinski definition) is 2. The summed E-state index contributed by atoms with van der Waals surface area (Å²) in [6, 6.07) is -0.386. The second-order valence-corrected chi connectivity index (χ2v) is 4.97. The van der Waals surface area contributed by atoms with E-state index in [9.17, 15) is 4.79 Å². The van der Waals surface area contributed by atoms with E-state index < -0.39 is 5.97 Å². The first-order valence-corrected chi connectivity index (χ1v) is 6.85. The molecule has 4 heteroatoms. The van der Waals surface area contributed by atoms with E-state index in [2.05, 4.69) is 24.1 Å². The van der Waals surface area contributed by atoms with Crippen LogP contribution in [0.1, 0.15) is 39.5 Å².